The molecule has 0 aromatic heterocycles. The lowest BCUT2D eigenvalue weighted by atomic mass is 10.1. The fourth-order valence-electron chi connectivity index (χ4n) is 1.24. The van der Waals surface area contributed by atoms with Gasteiger partial charge in [0.05, 0.1) is 0 Å². The van der Waals surface area contributed by atoms with Crippen molar-refractivity contribution in [3.63, 3.8) is 0 Å². The maximum atomic E-state index is 12.9. The molecule has 0 fully saturated rings. The van der Waals surface area contributed by atoms with E-state index in [0.717, 1.165) is 5.56 Å². The van der Waals surface area contributed by atoms with Crippen LogP contribution < -0.4 is 0 Å². The summed E-state index contributed by atoms with van der Waals surface area (Å²) in [5.41, 5.74) is 2.31. The molecule has 0 amide bonds. The molecule has 0 saturated carbocycles. The van der Waals surface area contributed by atoms with Crippen molar-refractivity contribution in [3.8, 4) is 0 Å². The van der Waals surface area contributed by atoms with Crippen LogP contribution in [0.1, 0.15) is 24.5 Å². The van der Waals surface area contributed by atoms with Crippen LogP contribution in [0.4, 0.5) is 4.39 Å². The molecule has 12 heavy (non-hydrogen) atoms. The molecule has 1 aromatic rings. The van der Waals surface area contributed by atoms with Crippen LogP contribution in [0.25, 0.3) is 0 Å². The number of benzene rings is 1. The van der Waals surface area contributed by atoms with Gasteiger partial charge in [-0.15, -0.1) is 0 Å². The molecule has 0 bridgehead atoms. The van der Waals surface area contributed by atoms with Crippen molar-refractivity contribution >= 4 is 0 Å². The van der Waals surface area contributed by atoms with Crippen molar-refractivity contribution in [3.05, 3.63) is 35.4 Å². The molecule has 1 aromatic carbocycles. The van der Waals surface area contributed by atoms with Crippen molar-refractivity contribution in [2.45, 2.75) is 32.9 Å². The maximum Gasteiger partial charge on any atom is 0.104 e. The van der Waals surface area contributed by atoms with E-state index in [1.165, 1.54) is 5.56 Å². The third-order valence-corrected chi connectivity index (χ3v) is 1.98. The van der Waals surface area contributed by atoms with Crippen LogP contribution in [0.15, 0.2) is 24.3 Å². The molecule has 66 valence electrons. The number of alkyl halides is 1. The minimum atomic E-state index is -0.688. The van der Waals surface area contributed by atoms with Gasteiger partial charge in [-0.3, -0.25) is 0 Å². The first-order chi connectivity index (χ1) is 5.72. The molecule has 0 saturated heterocycles. The Kier molecular flexibility index (Phi) is 3.27. The zero-order chi connectivity index (χ0) is 8.97. The van der Waals surface area contributed by atoms with E-state index >= 15 is 0 Å². The van der Waals surface area contributed by atoms with Gasteiger partial charge in [-0.1, -0.05) is 36.8 Å². The summed E-state index contributed by atoms with van der Waals surface area (Å²) in [5.74, 6) is 0. The molecule has 1 unspecified atom stereocenters. The topological polar surface area (TPSA) is 0 Å². The Hall–Kier alpha value is -0.850. The molecule has 1 atom stereocenters. The van der Waals surface area contributed by atoms with Crippen molar-refractivity contribution in [2.24, 2.45) is 0 Å². The van der Waals surface area contributed by atoms with Gasteiger partial charge >= 0.3 is 0 Å². The second kappa shape index (κ2) is 4.24. The molecular formula is C11H15F. The van der Waals surface area contributed by atoms with E-state index in [2.05, 4.69) is 0 Å². The number of rotatable bonds is 3. The lowest BCUT2D eigenvalue weighted by molar-refractivity contribution is 0.323. The highest BCUT2D eigenvalue weighted by Crippen LogP contribution is 2.10. The van der Waals surface area contributed by atoms with E-state index < -0.39 is 6.17 Å². The van der Waals surface area contributed by atoms with Gasteiger partial charge in [0, 0.05) is 6.42 Å². The first-order valence-corrected chi connectivity index (χ1v) is 4.42. The van der Waals surface area contributed by atoms with Gasteiger partial charge in [-0.2, -0.15) is 0 Å². The lowest BCUT2D eigenvalue weighted by Crippen LogP contribution is -2.02. The normalized spacial score (nSPS) is 12.9. The Morgan fingerprint density at radius 2 is 2.17 bits per heavy atom. The first-order valence-electron chi connectivity index (χ1n) is 4.42. The molecular weight excluding hydrogens is 151 g/mol. The Labute approximate surface area is 73.4 Å². The Balaban J connectivity index is 2.63. The predicted octanol–water partition coefficient (Wildman–Crippen LogP) is 3.29. The third-order valence-electron chi connectivity index (χ3n) is 1.98. The summed E-state index contributed by atoms with van der Waals surface area (Å²) in [6.07, 6.45) is 0.471. The monoisotopic (exact) mass is 166 g/mol. The van der Waals surface area contributed by atoms with Crippen molar-refractivity contribution < 1.29 is 4.39 Å². The largest absolute Gasteiger partial charge is 0.247 e. The average Bonchev–Trinajstić information content (AvgIpc) is 2.04. The molecule has 0 N–H and O–H groups in total. The number of hydrogen-bond acceptors (Lipinski definition) is 0. The van der Waals surface area contributed by atoms with Crippen LogP contribution in [0.3, 0.4) is 0 Å². The summed E-state index contributed by atoms with van der Waals surface area (Å²) in [5, 5.41) is 0. The molecule has 0 aliphatic heterocycles. The summed E-state index contributed by atoms with van der Waals surface area (Å²) in [6, 6.07) is 8.03. The zero-order valence-corrected chi connectivity index (χ0v) is 7.68. The van der Waals surface area contributed by atoms with Crippen LogP contribution in [0, 0.1) is 6.92 Å². The SMILES string of the molecule is CCC(F)Cc1cccc(C)c1. The summed E-state index contributed by atoms with van der Waals surface area (Å²) < 4.78 is 12.9. The molecule has 1 rings (SSSR count). The van der Waals surface area contributed by atoms with E-state index in [4.69, 9.17) is 0 Å². The van der Waals surface area contributed by atoms with Gasteiger partial charge in [0.15, 0.2) is 0 Å². The highest BCUT2D eigenvalue weighted by Gasteiger charge is 2.03. The Morgan fingerprint density at radius 1 is 1.42 bits per heavy atom. The number of halogens is 1. The Morgan fingerprint density at radius 3 is 2.75 bits per heavy atom. The van der Waals surface area contributed by atoms with E-state index in [9.17, 15) is 4.39 Å². The van der Waals surface area contributed by atoms with Gasteiger partial charge in [0.2, 0.25) is 0 Å². The van der Waals surface area contributed by atoms with Gasteiger partial charge < -0.3 is 0 Å². The van der Waals surface area contributed by atoms with Gasteiger partial charge in [-0.05, 0) is 18.9 Å². The van der Waals surface area contributed by atoms with Crippen LogP contribution in [0.5, 0.6) is 0 Å². The summed E-state index contributed by atoms with van der Waals surface area (Å²) >= 11 is 0. The van der Waals surface area contributed by atoms with Crippen LogP contribution >= 0.6 is 0 Å². The second-order valence-corrected chi connectivity index (χ2v) is 3.20. The van der Waals surface area contributed by atoms with Gasteiger partial charge in [0.1, 0.15) is 6.17 Å². The quantitative estimate of drug-likeness (QED) is 0.646. The van der Waals surface area contributed by atoms with Gasteiger partial charge in [-0.25, -0.2) is 4.39 Å². The maximum absolute atomic E-state index is 12.9. The summed E-state index contributed by atoms with van der Waals surface area (Å²) in [7, 11) is 0. The van der Waals surface area contributed by atoms with E-state index in [1.807, 2.05) is 38.1 Å². The summed E-state index contributed by atoms with van der Waals surface area (Å²) in [6.45, 7) is 3.91. The highest BCUT2D eigenvalue weighted by atomic mass is 19.1. The smallest absolute Gasteiger partial charge is 0.104 e. The zero-order valence-electron chi connectivity index (χ0n) is 7.68. The fraction of sp³-hybridized carbons (Fsp3) is 0.455. The molecule has 0 spiro atoms. The summed E-state index contributed by atoms with van der Waals surface area (Å²) in [4.78, 5) is 0. The van der Waals surface area contributed by atoms with Crippen LogP contribution in [-0.4, -0.2) is 6.17 Å². The van der Waals surface area contributed by atoms with Crippen LogP contribution in [-0.2, 0) is 6.42 Å². The molecule has 0 heterocycles. The first kappa shape index (κ1) is 9.24. The minimum absolute atomic E-state index is 0.554. The standard InChI is InChI=1S/C11H15F/c1-3-11(12)8-10-6-4-5-9(2)7-10/h4-7,11H,3,8H2,1-2H3. The van der Waals surface area contributed by atoms with Crippen molar-refractivity contribution in [1.82, 2.24) is 0 Å². The van der Waals surface area contributed by atoms with E-state index in [-0.39, 0.29) is 0 Å². The Bertz CT molecular complexity index is 243. The minimum Gasteiger partial charge on any atom is -0.247 e. The third kappa shape index (κ3) is 2.65. The lowest BCUT2D eigenvalue weighted by Gasteiger charge is -2.05. The van der Waals surface area contributed by atoms with Crippen molar-refractivity contribution in [2.75, 3.05) is 0 Å². The van der Waals surface area contributed by atoms with Crippen molar-refractivity contribution in [1.29, 1.82) is 0 Å². The molecule has 0 nitrogen and oxygen atoms in total. The predicted molar refractivity (Wildman–Crippen MR) is 50.1 cm³/mol. The molecule has 1 heteroatoms. The highest BCUT2D eigenvalue weighted by molar-refractivity contribution is 5.22. The average molecular weight is 166 g/mol. The fourth-order valence-corrected chi connectivity index (χ4v) is 1.24. The number of aryl methyl sites for hydroxylation is 1. The number of hydrogen-bond donors (Lipinski definition) is 0. The molecule has 0 aliphatic rings. The molecule has 0 radical (unpaired) electrons. The molecule has 0 aliphatic carbocycles. The van der Waals surface area contributed by atoms with E-state index in [0.29, 0.717) is 12.8 Å². The second-order valence-electron chi connectivity index (χ2n) is 3.20. The van der Waals surface area contributed by atoms with Gasteiger partial charge in [0.25, 0.3) is 0 Å². The van der Waals surface area contributed by atoms with Crippen LogP contribution in [0.2, 0.25) is 0 Å². The van der Waals surface area contributed by atoms with E-state index in [1.54, 1.807) is 0 Å².